The first-order valence-electron chi connectivity index (χ1n) is 7.62. The van der Waals surface area contributed by atoms with Crippen LogP contribution in [-0.2, 0) is 11.3 Å². The topological polar surface area (TPSA) is 67.8 Å². The molecule has 0 radical (unpaired) electrons. The summed E-state index contributed by atoms with van der Waals surface area (Å²) >= 11 is 0. The van der Waals surface area contributed by atoms with Gasteiger partial charge in [-0.3, -0.25) is 4.99 Å². The molecule has 2 aliphatic rings. The molecule has 0 aromatic carbocycles. The normalized spacial score (nSPS) is 19.5. The quantitative estimate of drug-likeness (QED) is 0.868. The average Bonchev–Trinajstić information content (AvgIpc) is 2.55. The Morgan fingerprint density at radius 2 is 2.29 bits per heavy atom. The van der Waals surface area contributed by atoms with E-state index in [0.29, 0.717) is 5.88 Å². The van der Waals surface area contributed by atoms with E-state index in [-0.39, 0.29) is 6.10 Å². The molecule has 114 valence electrons. The molecule has 1 aromatic heterocycles. The third-order valence-corrected chi connectivity index (χ3v) is 3.61. The Kier molecular flexibility index (Phi) is 4.89. The van der Waals surface area contributed by atoms with Crippen molar-refractivity contribution >= 4 is 5.96 Å². The Balaban J connectivity index is 1.53. The van der Waals surface area contributed by atoms with Crippen molar-refractivity contribution in [3.8, 4) is 5.88 Å². The molecule has 1 fully saturated rings. The molecule has 0 saturated carbocycles. The summed E-state index contributed by atoms with van der Waals surface area (Å²) in [7, 11) is 0. The van der Waals surface area contributed by atoms with Crippen LogP contribution >= 0.6 is 0 Å². The van der Waals surface area contributed by atoms with Crippen molar-refractivity contribution in [2.24, 2.45) is 4.99 Å². The first kappa shape index (κ1) is 14.1. The minimum absolute atomic E-state index is 0.221. The van der Waals surface area contributed by atoms with E-state index in [2.05, 4.69) is 20.6 Å². The molecule has 0 atom stereocenters. The SMILES string of the molecule is c1cc(CNC2=NCCCN2)cc(OC2CCOCC2)n1. The third-order valence-electron chi connectivity index (χ3n) is 3.61. The van der Waals surface area contributed by atoms with Crippen molar-refractivity contribution in [2.75, 3.05) is 26.3 Å². The van der Waals surface area contributed by atoms with Crippen LogP contribution in [0.25, 0.3) is 0 Å². The Hall–Kier alpha value is -1.82. The van der Waals surface area contributed by atoms with E-state index in [1.807, 2.05) is 12.1 Å². The van der Waals surface area contributed by atoms with E-state index < -0.39 is 0 Å². The highest BCUT2D eigenvalue weighted by Gasteiger charge is 2.15. The molecule has 3 rings (SSSR count). The molecule has 0 bridgehead atoms. The molecule has 2 aliphatic heterocycles. The van der Waals surface area contributed by atoms with Gasteiger partial charge in [-0.2, -0.15) is 0 Å². The number of aliphatic imine (C=N–C) groups is 1. The zero-order chi connectivity index (χ0) is 14.3. The van der Waals surface area contributed by atoms with E-state index in [1.165, 1.54) is 0 Å². The number of hydrogen-bond donors (Lipinski definition) is 2. The van der Waals surface area contributed by atoms with Crippen LogP contribution in [0, 0.1) is 0 Å². The molecule has 3 heterocycles. The third kappa shape index (κ3) is 4.32. The smallest absolute Gasteiger partial charge is 0.213 e. The minimum Gasteiger partial charge on any atom is -0.474 e. The number of guanidine groups is 1. The van der Waals surface area contributed by atoms with Crippen molar-refractivity contribution in [1.82, 2.24) is 15.6 Å². The van der Waals surface area contributed by atoms with E-state index in [1.54, 1.807) is 6.20 Å². The van der Waals surface area contributed by atoms with Gasteiger partial charge < -0.3 is 20.1 Å². The summed E-state index contributed by atoms with van der Waals surface area (Å²) in [5.74, 6) is 1.57. The molecule has 0 aliphatic carbocycles. The van der Waals surface area contributed by atoms with Gasteiger partial charge in [-0.05, 0) is 18.1 Å². The lowest BCUT2D eigenvalue weighted by Gasteiger charge is -2.22. The van der Waals surface area contributed by atoms with Gasteiger partial charge in [-0.1, -0.05) is 0 Å². The molecule has 0 spiro atoms. The largest absolute Gasteiger partial charge is 0.474 e. The molecular formula is C15H22N4O2. The second-order valence-electron chi connectivity index (χ2n) is 5.30. The maximum atomic E-state index is 5.92. The van der Waals surface area contributed by atoms with Gasteiger partial charge in [-0.25, -0.2) is 4.98 Å². The average molecular weight is 290 g/mol. The van der Waals surface area contributed by atoms with Crippen LogP contribution < -0.4 is 15.4 Å². The highest BCUT2D eigenvalue weighted by molar-refractivity contribution is 5.80. The lowest BCUT2D eigenvalue weighted by Crippen LogP contribution is -2.40. The molecule has 6 heteroatoms. The lowest BCUT2D eigenvalue weighted by atomic mass is 10.1. The molecule has 0 amide bonds. The number of hydrogen-bond acceptors (Lipinski definition) is 6. The second-order valence-corrected chi connectivity index (χ2v) is 5.30. The van der Waals surface area contributed by atoms with Gasteiger partial charge in [0.1, 0.15) is 6.10 Å². The van der Waals surface area contributed by atoms with Crippen molar-refractivity contribution in [3.63, 3.8) is 0 Å². The van der Waals surface area contributed by atoms with Crippen molar-refractivity contribution in [2.45, 2.75) is 31.9 Å². The monoisotopic (exact) mass is 290 g/mol. The molecule has 1 aromatic rings. The van der Waals surface area contributed by atoms with Gasteiger partial charge in [-0.15, -0.1) is 0 Å². The van der Waals surface area contributed by atoms with Crippen LogP contribution in [0.3, 0.4) is 0 Å². The number of nitrogens with zero attached hydrogens (tertiary/aromatic N) is 2. The Bertz CT molecular complexity index is 486. The standard InChI is InChI=1S/C15H22N4O2/c1-5-17-15(18-6-1)19-11-12-2-7-16-14(10-12)21-13-3-8-20-9-4-13/h2,7,10,13H,1,3-6,8-9,11H2,(H2,17,18,19). The van der Waals surface area contributed by atoms with Gasteiger partial charge in [0.2, 0.25) is 5.88 Å². The highest BCUT2D eigenvalue weighted by Crippen LogP contribution is 2.16. The van der Waals surface area contributed by atoms with Crippen molar-refractivity contribution < 1.29 is 9.47 Å². The van der Waals surface area contributed by atoms with E-state index in [0.717, 1.165) is 63.6 Å². The summed E-state index contributed by atoms with van der Waals surface area (Å²) in [4.78, 5) is 8.69. The van der Waals surface area contributed by atoms with Crippen LogP contribution in [0.5, 0.6) is 5.88 Å². The Labute approximate surface area is 125 Å². The first-order chi connectivity index (χ1) is 10.4. The summed E-state index contributed by atoms with van der Waals surface area (Å²) < 4.78 is 11.3. The maximum Gasteiger partial charge on any atom is 0.213 e. The van der Waals surface area contributed by atoms with Crippen molar-refractivity contribution in [1.29, 1.82) is 0 Å². The van der Waals surface area contributed by atoms with Gasteiger partial charge in [0.25, 0.3) is 0 Å². The fourth-order valence-corrected chi connectivity index (χ4v) is 2.43. The fourth-order valence-electron chi connectivity index (χ4n) is 2.43. The predicted molar refractivity (Wildman–Crippen MR) is 80.5 cm³/mol. The summed E-state index contributed by atoms with van der Waals surface area (Å²) in [6.45, 7) is 4.15. The number of pyridine rings is 1. The Morgan fingerprint density at radius 3 is 3.10 bits per heavy atom. The number of aromatic nitrogens is 1. The molecule has 21 heavy (non-hydrogen) atoms. The van der Waals surface area contributed by atoms with Crippen LogP contribution in [-0.4, -0.2) is 43.4 Å². The minimum atomic E-state index is 0.221. The van der Waals surface area contributed by atoms with Crippen molar-refractivity contribution in [3.05, 3.63) is 23.9 Å². The number of ether oxygens (including phenoxy) is 2. The summed E-state index contributed by atoms with van der Waals surface area (Å²) in [5.41, 5.74) is 1.14. The first-order valence-corrected chi connectivity index (χ1v) is 7.62. The fraction of sp³-hybridized carbons (Fsp3) is 0.600. The molecule has 1 saturated heterocycles. The molecular weight excluding hydrogens is 268 g/mol. The molecule has 0 unspecified atom stereocenters. The lowest BCUT2D eigenvalue weighted by molar-refractivity contribution is 0.0237. The van der Waals surface area contributed by atoms with E-state index in [4.69, 9.17) is 9.47 Å². The van der Waals surface area contributed by atoms with E-state index >= 15 is 0 Å². The Morgan fingerprint density at radius 1 is 1.38 bits per heavy atom. The van der Waals surface area contributed by atoms with Gasteiger partial charge in [0.15, 0.2) is 5.96 Å². The summed E-state index contributed by atoms with van der Waals surface area (Å²) in [6, 6.07) is 3.99. The number of rotatable bonds is 4. The number of nitrogens with one attached hydrogen (secondary N) is 2. The zero-order valence-electron chi connectivity index (χ0n) is 12.2. The van der Waals surface area contributed by atoms with Gasteiger partial charge in [0, 0.05) is 44.7 Å². The van der Waals surface area contributed by atoms with Gasteiger partial charge >= 0.3 is 0 Å². The summed E-state index contributed by atoms with van der Waals surface area (Å²) in [5, 5.41) is 6.55. The maximum absolute atomic E-state index is 5.92. The predicted octanol–water partition coefficient (Wildman–Crippen LogP) is 1.08. The van der Waals surface area contributed by atoms with E-state index in [9.17, 15) is 0 Å². The highest BCUT2D eigenvalue weighted by atomic mass is 16.5. The molecule has 2 N–H and O–H groups in total. The van der Waals surface area contributed by atoms with Crippen LogP contribution in [0.2, 0.25) is 0 Å². The molecule has 6 nitrogen and oxygen atoms in total. The second kappa shape index (κ2) is 7.26. The van der Waals surface area contributed by atoms with Crippen LogP contribution in [0.4, 0.5) is 0 Å². The van der Waals surface area contributed by atoms with Crippen LogP contribution in [0.15, 0.2) is 23.3 Å². The van der Waals surface area contributed by atoms with Gasteiger partial charge in [0.05, 0.1) is 13.2 Å². The summed E-state index contributed by atoms with van der Waals surface area (Å²) in [6.07, 6.45) is 4.99. The van der Waals surface area contributed by atoms with Crippen LogP contribution in [0.1, 0.15) is 24.8 Å². The zero-order valence-corrected chi connectivity index (χ0v) is 12.2.